The summed E-state index contributed by atoms with van der Waals surface area (Å²) in [5.41, 5.74) is 7.89. The fourth-order valence-corrected chi connectivity index (χ4v) is 3.77. The molecular formula is C19H30ClN3O2S. The van der Waals surface area contributed by atoms with Gasteiger partial charge in [-0.1, -0.05) is 17.7 Å². The fourth-order valence-electron chi connectivity index (χ4n) is 3.01. The molecule has 0 spiro atoms. The molecule has 0 saturated carbocycles. The van der Waals surface area contributed by atoms with Crippen molar-refractivity contribution in [1.82, 2.24) is 4.90 Å². The number of thioether (sulfide) groups is 1. The SMILES string of the molecule is Cc1ccc(NC(=O)CSC(C)C(=O)N2CCC(C(C)N)CC2)cc1.Cl. The summed E-state index contributed by atoms with van der Waals surface area (Å²) in [6.07, 6.45) is 1.93. The highest BCUT2D eigenvalue weighted by atomic mass is 35.5. The number of carbonyl (C=O) groups is 2. The Morgan fingerprint density at radius 1 is 1.23 bits per heavy atom. The number of aryl methyl sites for hydroxylation is 1. The Hall–Kier alpha value is -1.24. The number of anilines is 1. The van der Waals surface area contributed by atoms with Crippen molar-refractivity contribution in [3.8, 4) is 0 Å². The van der Waals surface area contributed by atoms with Crippen molar-refractivity contribution < 1.29 is 9.59 Å². The minimum atomic E-state index is -0.212. The molecule has 0 radical (unpaired) electrons. The van der Waals surface area contributed by atoms with E-state index in [1.54, 1.807) is 0 Å². The smallest absolute Gasteiger partial charge is 0.235 e. The largest absolute Gasteiger partial charge is 0.342 e. The summed E-state index contributed by atoms with van der Waals surface area (Å²) in [6.45, 7) is 7.46. The molecule has 3 N–H and O–H groups in total. The van der Waals surface area contributed by atoms with E-state index in [-0.39, 0.29) is 41.3 Å². The molecule has 1 aromatic carbocycles. The number of nitrogens with zero attached hydrogens (tertiary/aromatic N) is 1. The number of hydrogen-bond acceptors (Lipinski definition) is 4. The summed E-state index contributed by atoms with van der Waals surface area (Å²) >= 11 is 1.39. The maximum atomic E-state index is 12.5. The first kappa shape index (κ1) is 22.8. The monoisotopic (exact) mass is 399 g/mol. The molecule has 1 fully saturated rings. The Morgan fingerprint density at radius 2 is 1.81 bits per heavy atom. The molecule has 1 aliphatic rings. The van der Waals surface area contributed by atoms with Crippen LogP contribution in [0.5, 0.6) is 0 Å². The van der Waals surface area contributed by atoms with Crippen LogP contribution in [0.15, 0.2) is 24.3 Å². The summed E-state index contributed by atoms with van der Waals surface area (Å²) in [4.78, 5) is 26.5. The number of nitrogens with one attached hydrogen (secondary N) is 1. The van der Waals surface area contributed by atoms with Gasteiger partial charge in [-0.2, -0.15) is 0 Å². The second-order valence-electron chi connectivity index (χ2n) is 6.89. The quantitative estimate of drug-likeness (QED) is 0.770. The number of nitrogens with two attached hydrogens (primary N) is 1. The van der Waals surface area contributed by atoms with Gasteiger partial charge in [-0.3, -0.25) is 9.59 Å². The molecule has 146 valence electrons. The lowest BCUT2D eigenvalue weighted by atomic mass is 9.91. The number of amides is 2. The predicted octanol–water partition coefficient (Wildman–Crippen LogP) is 3.06. The first-order chi connectivity index (χ1) is 11.9. The molecule has 1 aromatic rings. The number of benzene rings is 1. The second-order valence-corrected chi connectivity index (χ2v) is 8.22. The van der Waals surface area contributed by atoms with Crippen molar-refractivity contribution >= 4 is 41.7 Å². The van der Waals surface area contributed by atoms with E-state index in [0.29, 0.717) is 5.92 Å². The molecule has 2 amide bonds. The number of piperidine rings is 1. The molecular weight excluding hydrogens is 370 g/mol. The van der Waals surface area contributed by atoms with Crippen molar-refractivity contribution in [1.29, 1.82) is 0 Å². The minimum Gasteiger partial charge on any atom is -0.342 e. The van der Waals surface area contributed by atoms with Gasteiger partial charge in [-0.15, -0.1) is 24.2 Å². The highest BCUT2D eigenvalue weighted by molar-refractivity contribution is 8.01. The van der Waals surface area contributed by atoms with Crippen LogP contribution < -0.4 is 11.1 Å². The third-order valence-corrected chi connectivity index (χ3v) is 5.87. The first-order valence-corrected chi connectivity index (χ1v) is 9.94. The Labute approximate surface area is 166 Å². The van der Waals surface area contributed by atoms with Crippen molar-refractivity contribution in [2.75, 3.05) is 24.2 Å². The molecule has 0 aromatic heterocycles. The van der Waals surface area contributed by atoms with Gasteiger partial charge in [0.15, 0.2) is 0 Å². The molecule has 1 aliphatic heterocycles. The van der Waals surface area contributed by atoms with Gasteiger partial charge >= 0.3 is 0 Å². The third kappa shape index (κ3) is 6.82. The Morgan fingerprint density at radius 3 is 2.35 bits per heavy atom. The van der Waals surface area contributed by atoms with Gasteiger partial charge in [-0.25, -0.2) is 0 Å². The minimum absolute atomic E-state index is 0. The summed E-state index contributed by atoms with van der Waals surface area (Å²) in [7, 11) is 0. The molecule has 2 rings (SSSR count). The van der Waals surface area contributed by atoms with E-state index in [1.807, 2.05) is 49.9 Å². The van der Waals surface area contributed by atoms with Crippen LogP contribution in [0, 0.1) is 12.8 Å². The van der Waals surface area contributed by atoms with Gasteiger partial charge in [0, 0.05) is 24.8 Å². The van der Waals surface area contributed by atoms with E-state index >= 15 is 0 Å². The molecule has 1 heterocycles. The first-order valence-electron chi connectivity index (χ1n) is 8.89. The molecule has 0 bridgehead atoms. The maximum absolute atomic E-state index is 12.5. The van der Waals surface area contributed by atoms with Crippen molar-refractivity contribution in [3.05, 3.63) is 29.8 Å². The molecule has 5 nitrogen and oxygen atoms in total. The van der Waals surface area contributed by atoms with Gasteiger partial charge in [-0.05, 0) is 51.7 Å². The summed E-state index contributed by atoms with van der Waals surface area (Å²) in [5.74, 6) is 0.824. The second kappa shape index (κ2) is 10.8. The van der Waals surface area contributed by atoms with Gasteiger partial charge in [0.1, 0.15) is 0 Å². The van der Waals surface area contributed by atoms with Crippen LogP contribution in [-0.2, 0) is 9.59 Å². The Bertz CT molecular complexity index is 587. The van der Waals surface area contributed by atoms with E-state index in [0.717, 1.165) is 37.2 Å². The zero-order valence-electron chi connectivity index (χ0n) is 15.7. The normalized spacial score (nSPS) is 17.2. The third-order valence-electron chi connectivity index (χ3n) is 4.74. The molecule has 2 unspecified atom stereocenters. The average Bonchev–Trinajstić information content (AvgIpc) is 2.61. The summed E-state index contributed by atoms with van der Waals surface area (Å²) in [5, 5.41) is 2.65. The number of hydrogen-bond donors (Lipinski definition) is 2. The van der Waals surface area contributed by atoms with Crippen LogP contribution in [0.3, 0.4) is 0 Å². The number of carbonyl (C=O) groups excluding carboxylic acids is 2. The lowest BCUT2D eigenvalue weighted by molar-refractivity contribution is -0.131. The summed E-state index contributed by atoms with van der Waals surface area (Å²) < 4.78 is 0. The standard InChI is InChI=1S/C19H29N3O2S.ClH/c1-13-4-6-17(7-5-13)21-18(23)12-25-15(3)19(24)22-10-8-16(9-11-22)14(2)20;/h4-7,14-16H,8-12,20H2,1-3H3,(H,21,23);1H. The maximum Gasteiger partial charge on any atom is 0.235 e. The zero-order valence-corrected chi connectivity index (χ0v) is 17.4. The molecule has 2 atom stereocenters. The van der Waals surface area contributed by atoms with Crippen LogP contribution in [-0.4, -0.2) is 46.8 Å². The fraction of sp³-hybridized carbons (Fsp3) is 0.579. The highest BCUT2D eigenvalue weighted by Crippen LogP contribution is 2.22. The molecule has 7 heteroatoms. The topological polar surface area (TPSA) is 75.4 Å². The number of halogens is 1. The van der Waals surface area contributed by atoms with Crippen molar-refractivity contribution in [2.45, 2.75) is 44.9 Å². The van der Waals surface area contributed by atoms with E-state index < -0.39 is 0 Å². The Balaban J connectivity index is 0.00000338. The van der Waals surface area contributed by atoms with Crippen LogP contribution in [0.1, 0.15) is 32.3 Å². The molecule has 1 saturated heterocycles. The van der Waals surface area contributed by atoms with Crippen LogP contribution in [0.25, 0.3) is 0 Å². The van der Waals surface area contributed by atoms with Gasteiger partial charge in [0.05, 0.1) is 11.0 Å². The van der Waals surface area contributed by atoms with Gasteiger partial charge in [0.25, 0.3) is 0 Å². The average molecular weight is 400 g/mol. The van der Waals surface area contributed by atoms with Crippen LogP contribution in [0.4, 0.5) is 5.69 Å². The zero-order chi connectivity index (χ0) is 18.4. The van der Waals surface area contributed by atoms with Crippen molar-refractivity contribution in [2.24, 2.45) is 11.7 Å². The number of likely N-dealkylation sites (tertiary alicyclic amines) is 1. The van der Waals surface area contributed by atoms with Gasteiger partial charge < -0.3 is 16.0 Å². The van der Waals surface area contributed by atoms with E-state index in [1.165, 1.54) is 11.8 Å². The lowest BCUT2D eigenvalue weighted by Gasteiger charge is -2.35. The van der Waals surface area contributed by atoms with E-state index in [2.05, 4.69) is 5.32 Å². The van der Waals surface area contributed by atoms with Crippen molar-refractivity contribution in [3.63, 3.8) is 0 Å². The Kier molecular flexibility index (Phi) is 9.47. The highest BCUT2D eigenvalue weighted by Gasteiger charge is 2.27. The molecule has 26 heavy (non-hydrogen) atoms. The van der Waals surface area contributed by atoms with Crippen LogP contribution in [0.2, 0.25) is 0 Å². The predicted molar refractivity (Wildman–Crippen MR) is 112 cm³/mol. The molecule has 0 aliphatic carbocycles. The van der Waals surface area contributed by atoms with Gasteiger partial charge in [0.2, 0.25) is 11.8 Å². The number of rotatable bonds is 6. The van der Waals surface area contributed by atoms with E-state index in [4.69, 9.17) is 5.73 Å². The lowest BCUT2D eigenvalue weighted by Crippen LogP contribution is -2.45. The summed E-state index contributed by atoms with van der Waals surface area (Å²) in [6, 6.07) is 7.88. The van der Waals surface area contributed by atoms with E-state index in [9.17, 15) is 9.59 Å². The van der Waals surface area contributed by atoms with Crippen LogP contribution >= 0.6 is 24.2 Å².